The van der Waals surface area contributed by atoms with Crippen LogP contribution in [0.15, 0.2) is 24.3 Å². The van der Waals surface area contributed by atoms with Crippen molar-refractivity contribution in [1.29, 1.82) is 0 Å². The topological polar surface area (TPSA) is 79.9 Å². The Balaban J connectivity index is 0.00000280. The van der Waals surface area contributed by atoms with Gasteiger partial charge in [0.25, 0.3) is 0 Å². The molecule has 2 saturated heterocycles. The zero-order chi connectivity index (χ0) is 19.6. The molecule has 0 spiro atoms. The largest absolute Gasteiger partial charge is 0.573 e. The third kappa shape index (κ3) is 5.27. The van der Waals surface area contributed by atoms with Gasteiger partial charge in [0.05, 0.1) is 12.7 Å². The summed E-state index contributed by atoms with van der Waals surface area (Å²) in [5, 5.41) is 5.74. The average molecular weight is 424 g/mol. The van der Waals surface area contributed by atoms with Crippen molar-refractivity contribution < 1.29 is 32.2 Å². The number of morpholine rings is 1. The van der Waals surface area contributed by atoms with Gasteiger partial charge in [-0.25, -0.2) is 0 Å². The number of carbonyl (C=O) groups is 2. The van der Waals surface area contributed by atoms with Crippen molar-refractivity contribution >= 4 is 29.9 Å². The van der Waals surface area contributed by atoms with Crippen LogP contribution in [0.2, 0.25) is 0 Å². The highest BCUT2D eigenvalue weighted by Gasteiger charge is 2.37. The summed E-state index contributed by atoms with van der Waals surface area (Å²) in [5.41, 5.74) is 0.283. The van der Waals surface area contributed by atoms with Gasteiger partial charge in [0.2, 0.25) is 11.8 Å². The highest BCUT2D eigenvalue weighted by molar-refractivity contribution is 6.01. The molecule has 0 radical (unpaired) electrons. The fourth-order valence-electron chi connectivity index (χ4n) is 3.21. The second kappa shape index (κ2) is 8.97. The van der Waals surface area contributed by atoms with Gasteiger partial charge >= 0.3 is 6.36 Å². The van der Waals surface area contributed by atoms with E-state index < -0.39 is 24.2 Å². The SMILES string of the molecule is C[C@H]1OCCN[C@@H]1C(=O)NC1CCN(c2cccc(OC(F)(F)F)c2)C1=O.Cl. The van der Waals surface area contributed by atoms with E-state index in [1.165, 1.54) is 17.0 Å². The van der Waals surface area contributed by atoms with Crippen molar-refractivity contribution in [2.24, 2.45) is 0 Å². The van der Waals surface area contributed by atoms with E-state index in [0.29, 0.717) is 19.6 Å². The van der Waals surface area contributed by atoms with Crippen LogP contribution >= 0.6 is 12.4 Å². The molecule has 2 N–H and O–H groups in total. The van der Waals surface area contributed by atoms with Crippen molar-refractivity contribution in [3.05, 3.63) is 24.3 Å². The predicted molar refractivity (Wildman–Crippen MR) is 96.5 cm³/mol. The number of hydrogen-bond donors (Lipinski definition) is 2. The summed E-state index contributed by atoms with van der Waals surface area (Å²) in [6.07, 6.45) is -4.77. The van der Waals surface area contributed by atoms with Crippen LogP contribution in [0.5, 0.6) is 5.75 Å². The van der Waals surface area contributed by atoms with Crippen LogP contribution in [-0.4, -0.2) is 56.1 Å². The molecule has 2 aliphatic heterocycles. The number of alkyl halides is 3. The van der Waals surface area contributed by atoms with Gasteiger partial charge in [-0.3, -0.25) is 9.59 Å². The van der Waals surface area contributed by atoms with Gasteiger partial charge < -0.3 is 25.0 Å². The Morgan fingerprint density at radius 1 is 1.39 bits per heavy atom. The van der Waals surface area contributed by atoms with Crippen LogP contribution in [0.1, 0.15) is 13.3 Å². The van der Waals surface area contributed by atoms with Crippen molar-refractivity contribution in [2.45, 2.75) is 37.9 Å². The van der Waals surface area contributed by atoms with E-state index in [1.807, 2.05) is 0 Å². The van der Waals surface area contributed by atoms with Crippen molar-refractivity contribution in [2.75, 3.05) is 24.6 Å². The zero-order valence-electron chi connectivity index (χ0n) is 15.0. The number of nitrogens with one attached hydrogen (secondary N) is 2. The second-order valence-electron chi connectivity index (χ2n) is 6.39. The zero-order valence-corrected chi connectivity index (χ0v) is 15.8. The first-order chi connectivity index (χ1) is 12.7. The maximum Gasteiger partial charge on any atom is 0.573 e. The number of halogens is 4. The van der Waals surface area contributed by atoms with Crippen LogP contribution in [0.25, 0.3) is 0 Å². The van der Waals surface area contributed by atoms with E-state index in [-0.39, 0.29) is 42.6 Å². The van der Waals surface area contributed by atoms with Crippen molar-refractivity contribution in [3.63, 3.8) is 0 Å². The second-order valence-corrected chi connectivity index (χ2v) is 6.39. The molecule has 3 atom stereocenters. The first-order valence-electron chi connectivity index (χ1n) is 8.57. The lowest BCUT2D eigenvalue weighted by atomic mass is 10.1. The number of carbonyl (C=O) groups excluding carboxylic acids is 2. The molecule has 3 rings (SSSR count). The lowest BCUT2D eigenvalue weighted by Gasteiger charge is -2.30. The standard InChI is InChI=1S/C17H20F3N3O4.ClH/c1-10-14(21-6-8-26-10)15(24)22-13-5-7-23(16(13)25)11-3-2-4-12(9-11)27-17(18,19)20;/h2-4,9-10,13-14,21H,5-8H2,1H3,(H,22,24);1H/t10-,13?,14+;/m1./s1. The number of hydrogen-bond acceptors (Lipinski definition) is 5. The molecular weight excluding hydrogens is 403 g/mol. The molecule has 2 amide bonds. The molecule has 7 nitrogen and oxygen atoms in total. The fraction of sp³-hybridized carbons (Fsp3) is 0.529. The van der Waals surface area contributed by atoms with Crippen LogP contribution < -0.4 is 20.3 Å². The Kier molecular flexibility index (Phi) is 7.13. The van der Waals surface area contributed by atoms with E-state index in [9.17, 15) is 22.8 Å². The normalized spacial score (nSPS) is 25.2. The predicted octanol–water partition coefficient (Wildman–Crippen LogP) is 1.61. The highest BCUT2D eigenvalue weighted by atomic mass is 35.5. The Morgan fingerprint density at radius 2 is 2.14 bits per heavy atom. The third-order valence-electron chi connectivity index (χ3n) is 4.48. The average Bonchev–Trinajstić information content (AvgIpc) is 2.94. The molecule has 11 heteroatoms. The van der Waals surface area contributed by atoms with E-state index in [0.717, 1.165) is 12.1 Å². The molecule has 2 aliphatic rings. The molecule has 0 saturated carbocycles. The van der Waals surface area contributed by atoms with E-state index in [1.54, 1.807) is 6.92 Å². The van der Waals surface area contributed by atoms with Gasteiger partial charge in [-0.1, -0.05) is 6.07 Å². The molecular formula is C17H21ClF3N3O4. The van der Waals surface area contributed by atoms with Crippen LogP contribution in [0.3, 0.4) is 0 Å². The summed E-state index contributed by atoms with van der Waals surface area (Å²) < 4.78 is 46.4. The number of nitrogens with zero attached hydrogens (tertiary/aromatic N) is 1. The smallest absolute Gasteiger partial charge is 0.406 e. The van der Waals surface area contributed by atoms with E-state index in [4.69, 9.17) is 4.74 Å². The van der Waals surface area contributed by atoms with E-state index in [2.05, 4.69) is 15.4 Å². The molecule has 0 bridgehead atoms. The quantitative estimate of drug-likeness (QED) is 0.769. The van der Waals surface area contributed by atoms with Crippen LogP contribution in [-0.2, 0) is 14.3 Å². The molecule has 2 heterocycles. The lowest BCUT2D eigenvalue weighted by Crippen LogP contribution is -2.57. The summed E-state index contributed by atoms with van der Waals surface area (Å²) in [6, 6.07) is 3.91. The number of benzene rings is 1. The first kappa shape index (κ1) is 22.3. The van der Waals surface area contributed by atoms with Gasteiger partial charge in [-0.05, 0) is 25.5 Å². The number of rotatable bonds is 4. The molecule has 0 aromatic heterocycles. The van der Waals surface area contributed by atoms with Gasteiger partial charge in [-0.2, -0.15) is 0 Å². The minimum atomic E-state index is -4.81. The third-order valence-corrected chi connectivity index (χ3v) is 4.48. The maximum absolute atomic E-state index is 12.6. The van der Waals surface area contributed by atoms with Crippen LogP contribution in [0.4, 0.5) is 18.9 Å². The molecule has 1 aromatic carbocycles. The van der Waals surface area contributed by atoms with Gasteiger partial charge in [0.15, 0.2) is 0 Å². The molecule has 0 aliphatic carbocycles. The summed E-state index contributed by atoms with van der Waals surface area (Å²) in [7, 11) is 0. The Hall–Kier alpha value is -2.04. The molecule has 2 fully saturated rings. The van der Waals surface area contributed by atoms with Gasteiger partial charge in [-0.15, -0.1) is 25.6 Å². The summed E-state index contributed by atoms with van der Waals surface area (Å²) in [5.74, 6) is -1.12. The summed E-state index contributed by atoms with van der Waals surface area (Å²) in [6.45, 7) is 3.10. The van der Waals surface area contributed by atoms with Crippen molar-refractivity contribution in [1.82, 2.24) is 10.6 Å². The minimum Gasteiger partial charge on any atom is -0.406 e. The number of amides is 2. The fourth-order valence-corrected chi connectivity index (χ4v) is 3.21. The van der Waals surface area contributed by atoms with Gasteiger partial charge in [0, 0.05) is 24.8 Å². The lowest BCUT2D eigenvalue weighted by molar-refractivity contribution is -0.274. The first-order valence-corrected chi connectivity index (χ1v) is 8.57. The molecule has 156 valence electrons. The minimum absolute atomic E-state index is 0. The number of ether oxygens (including phenoxy) is 2. The molecule has 1 aromatic rings. The maximum atomic E-state index is 12.6. The molecule has 1 unspecified atom stereocenters. The van der Waals surface area contributed by atoms with Crippen LogP contribution in [0, 0.1) is 0 Å². The highest BCUT2D eigenvalue weighted by Crippen LogP contribution is 2.29. The summed E-state index contributed by atoms with van der Waals surface area (Å²) >= 11 is 0. The summed E-state index contributed by atoms with van der Waals surface area (Å²) in [4.78, 5) is 26.3. The van der Waals surface area contributed by atoms with Gasteiger partial charge in [0.1, 0.15) is 17.8 Å². The monoisotopic (exact) mass is 423 g/mol. The van der Waals surface area contributed by atoms with E-state index >= 15 is 0 Å². The Bertz CT molecular complexity index is 719. The number of anilines is 1. The Morgan fingerprint density at radius 3 is 2.82 bits per heavy atom. The molecule has 28 heavy (non-hydrogen) atoms. The van der Waals surface area contributed by atoms with Crippen molar-refractivity contribution in [3.8, 4) is 5.75 Å². The Labute approximate surface area is 165 Å².